The molecule has 0 atom stereocenters. The number of aliphatic carboxylic acids is 1. The first kappa shape index (κ1) is 11.4. The molecule has 0 saturated carbocycles. The number of nitrogens with one attached hydrogen (secondary N) is 1. The van der Waals surface area contributed by atoms with E-state index in [1.165, 1.54) is 32.7 Å². The van der Waals surface area contributed by atoms with Gasteiger partial charge in [-0.15, -0.1) is 0 Å². The first-order valence-corrected chi connectivity index (χ1v) is 4.29. The maximum absolute atomic E-state index is 9.00. The monoisotopic (exact) mass is 174 g/mol. The second-order valence-electron chi connectivity index (χ2n) is 2.70. The van der Waals surface area contributed by atoms with Gasteiger partial charge in [-0.1, -0.05) is 6.92 Å². The third-order valence-corrected chi connectivity index (χ3v) is 1.66. The molecule has 2 N–H and O–H groups in total. The zero-order chi connectivity index (χ0) is 9.40. The minimum atomic E-state index is -0.833. The van der Waals surface area contributed by atoms with Gasteiger partial charge in [0.25, 0.3) is 5.97 Å². The Kier molecular flexibility index (Phi) is 6.70. The summed E-state index contributed by atoms with van der Waals surface area (Å²) in [5.74, 6) is -0.833. The molecule has 1 heterocycles. The second-order valence-corrected chi connectivity index (χ2v) is 2.70. The fraction of sp³-hybridized carbons (Fsp3) is 0.875. The molecule has 1 rings (SSSR count). The second kappa shape index (κ2) is 7.06. The van der Waals surface area contributed by atoms with Crippen LogP contribution < -0.4 is 5.32 Å². The van der Waals surface area contributed by atoms with E-state index in [1.54, 1.807) is 0 Å². The van der Waals surface area contributed by atoms with Gasteiger partial charge in [-0.25, -0.2) is 0 Å². The molecule has 0 aromatic rings. The van der Waals surface area contributed by atoms with E-state index in [4.69, 9.17) is 9.90 Å². The Hall–Kier alpha value is -0.610. The SMILES string of the molecule is CC(=O)O.CCN1CCNCC1. The first-order valence-electron chi connectivity index (χ1n) is 4.29. The Labute approximate surface area is 73.6 Å². The van der Waals surface area contributed by atoms with Crippen molar-refractivity contribution in [2.24, 2.45) is 0 Å². The van der Waals surface area contributed by atoms with Gasteiger partial charge in [0.05, 0.1) is 0 Å². The highest BCUT2D eigenvalue weighted by Crippen LogP contribution is 1.88. The number of hydrogen-bond acceptors (Lipinski definition) is 3. The number of carboxylic acid groups (broad SMARTS) is 1. The fourth-order valence-corrected chi connectivity index (χ4v) is 1.03. The summed E-state index contributed by atoms with van der Waals surface area (Å²) in [5.41, 5.74) is 0. The molecular weight excluding hydrogens is 156 g/mol. The molecule has 0 aliphatic carbocycles. The summed E-state index contributed by atoms with van der Waals surface area (Å²) in [6, 6.07) is 0. The van der Waals surface area contributed by atoms with Crippen LogP contribution in [0.25, 0.3) is 0 Å². The minimum absolute atomic E-state index is 0.833. The van der Waals surface area contributed by atoms with Crippen LogP contribution in [0, 0.1) is 0 Å². The highest BCUT2D eigenvalue weighted by molar-refractivity contribution is 5.62. The molecule has 4 nitrogen and oxygen atoms in total. The smallest absolute Gasteiger partial charge is 0.300 e. The van der Waals surface area contributed by atoms with Crippen molar-refractivity contribution in [1.29, 1.82) is 0 Å². The minimum Gasteiger partial charge on any atom is -0.481 e. The van der Waals surface area contributed by atoms with Gasteiger partial charge in [0.2, 0.25) is 0 Å². The molecule has 0 unspecified atom stereocenters. The Morgan fingerprint density at radius 3 is 2.17 bits per heavy atom. The summed E-state index contributed by atoms with van der Waals surface area (Å²) in [6.45, 7) is 9.32. The van der Waals surface area contributed by atoms with Crippen molar-refractivity contribution in [2.75, 3.05) is 32.7 Å². The summed E-state index contributed by atoms with van der Waals surface area (Å²) in [7, 11) is 0. The average molecular weight is 174 g/mol. The maximum atomic E-state index is 9.00. The van der Waals surface area contributed by atoms with E-state index in [-0.39, 0.29) is 0 Å². The van der Waals surface area contributed by atoms with Crippen molar-refractivity contribution in [3.05, 3.63) is 0 Å². The number of likely N-dealkylation sites (N-methyl/N-ethyl adjacent to an activating group) is 1. The van der Waals surface area contributed by atoms with Crippen molar-refractivity contribution in [3.8, 4) is 0 Å². The first-order chi connectivity index (χ1) is 5.66. The van der Waals surface area contributed by atoms with Crippen LogP contribution in [0.15, 0.2) is 0 Å². The molecule has 4 heteroatoms. The Balaban J connectivity index is 0.000000261. The van der Waals surface area contributed by atoms with Gasteiger partial charge in [-0.2, -0.15) is 0 Å². The average Bonchev–Trinajstić information content (AvgIpc) is 2.05. The molecule has 0 bridgehead atoms. The van der Waals surface area contributed by atoms with Gasteiger partial charge in [-0.05, 0) is 6.54 Å². The summed E-state index contributed by atoms with van der Waals surface area (Å²) in [4.78, 5) is 11.5. The normalized spacial score (nSPS) is 17.8. The molecule has 1 aliphatic heterocycles. The number of piperazine rings is 1. The highest BCUT2D eigenvalue weighted by Gasteiger charge is 2.04. The van der Waals surface area contributed by atoms with Crippen LogP contribution in [0.1, 0.15) is 13.8 Å². The predicted molar refractivity (Wildman–Crippen MR) is 48.3 cm³/mol. The summed E-state index contributed by atoms with van der Waals surface area (Å²) < 4.78 is 0. The quantitative estimate of drug-likeness (QED) is 0.587. The molecule has 0 amide bonds. The standard InChI is InChI=1S/C6H14N2.C2H4O2/c1-2-8-5-3-7-4-6-8;1-2(3)4/h7H,2-6H2,1H3;1H3,(H,3,4). The number of carboxylic acids is 1. The maximum Gasteiger partial charge on any atom is 0.300 e. The largest absolute Gasteiger partial charge is 0.481 e. The molecule has 1 aliphatic rings. The van der Waals surface area contributed by atoms with Crippen LogP contribution >= 0.6 is 0 Å². The van der Waals surface area contributed by atoms with E-state index in [1.807, 2.05) is 0 Å². The van der Waals surface area contributed by atoms with E-state index in [9.17, 15) is 0 Å². The Morgan fingerprint density at radius 1 is 1.50 bits per heavy atom. The molecular formula is C8H18N2O2. The van der Waals surface area contributed by atoms with Crippen LogP contribution in [0.4, 0.5) is 0 Å². The van der Waals surface area contributed by atoms with Crippen LogP contribution in [-0.2, 0) is 4.79 Å². The third-order valence-electron chi connectivity index (χ3n) is 1.66. The lowest BCUT2D eigenvalue weighted by Crippen LogP contribution is -2.43. The number of nitrogens with zero attached hydrogens (tertiary/aromatic N) is 1. The van der Waals surface area contributed by atoms with Gasteiger partial charge < -0.3 is 15.3 Å². The fourth-order valence-electron chi connectivity index (χ4n) is 1.03. The molecule has 12 heavy (non-hydrogen) atoms. The number of carbonyl (C=O) groups is 1. The predicted octanol–water partition coefficient (Wildman–Crippen LogP) is 0.00240. The Bertz CT molecular complexity index is 118. The Morgan fingerprint density at radius 2 is 1.92 bits per heavy atom. The lowest BCUT2D eigenvalue weighted by atomic mass is 10.4. The molecule has 72 valence electrons. The molecule has 1 saturated heterocycles. The number of hydrogen-bond donors (Lipinski definition) is 2. The van der Waals surface area contributed by atoms with E-state index < -0.39 is 5.97 Å². The summed E-state index contributed by atoms with van der Waals surface area (Å²) in [5, 5.41) is 10.7. The van der Waals surface area contributed by atoms with Crippen molar-refractivity contribution in [2.45, 2.75) is 13.8 Å². The molecule has 0 radical (unpaired) electrons. The van der Waals surface area contributed by atoms with Crippen molar-refractivity contribution >= 4 is 5.97 Å². The van der Waals surface area contributed by atoms with Crippen molar-refractivity contribution < 1.29 is 9.90 Å². The van der Waals surface area contributed by atoms with Gasteiger partial charge in [0.1, 0.15) is 0 Å². The highest BCUT2D eigenvalue weighted by atomic mass is 16.4. The van der Waals surface area contributed by atoms with Crippen molar-refractivity contribution in [1.82, 2.24) is 10.2 Å². The van der Waals surface area contributed by atoms with Crippen LogP contribution in [0.2, 0.25) is 0 Å². The zero-order valence-corrected chi connectivity index (χ0v) is 7.84. The van der Waals surface area contributed by atoms with Gasteiger partial charge in [-0.3, -0.25) is 4.79 Å². The van der Waals surface area contributed by atoms with E-state index in [2.05, 4.69) is 17.1 Å². The molecule has 0 spiro atoms. The lowest BCUT2D eigenvalue weighted by Gasteiger charge is -2.25. The van der Waals surface area contributed by atoms with E-state index in [0.29, 0.717) is 0 Å². The molecule has 0 aromatic carbocycles. The summed E-state index contributed by atoms with van der Waals surface area (Å²) >= 11 is 0. The van der Waals surface area contributed by atoms with Crippen LogP contribution in [0.3, 0.4) is 0 Å². The molecule has 0 aromatic heterocycles. The van der Waals surface area contributed by atoms with Gasteiger partial charge >= 0.3 is 0 Å². The van der Waals surface area contributed by atoms with E-state index in [0.717, 1.165) is 6.92 Å². The van der Waals surface area contributed by atoms with Crippen LogP contribution in [0.5, 0.6) is 0 Å². The zero-order valence-electron chi connectivity index (χ0n) is 7.84. The lowest BCUT2D eigenvalue weighted by molar-refractivity contribution is -0.134. The van der Waals surface area contributed by atoms with Gasteiger partial charge in [0, 0.05) is 33.1 Å². The topological polar surface area (TPSA) is 52.6 Å². The molecule has 1 fully saturated rings. The third kappa shape index (κ3) is 7.50. The summed E-state index contributed by atoms with van der Waals surface area (Å²) in [6.07, 6.45) is 0. The van der Waals surface area contributed by atoms with Gasteiger partial charge in [0.15, 0.2) is 0 Å². The number of rotatable bonds is 1. The van der Waals surface area contributed by atoms with E-state index >= 15 is 0 Å². The van der Waals surface area contributed by atoms with Crippen LogP contribution in [-0.4, -0.2) is 48.7 Å². The van der Waals surface area contributed by atoms with Crippen molar-refractivity contribution in [3.63, 3.8) is 0 Å².